The van der Waals surface area contributed by atoms with Gasteiger partial charge in [-0.25, -0.2) is 0 Å². The van der Waals surface area contributed by atoms with Crippen LogP contribution in [0, 0.1) is 5.92 Å². The molecule has 0 aromatic heterocycles. The van der Waals surface area contributed by atoms with E-state index < -0.39 is 0 Å². The van der Waals surface area contributed by atoms with Crippen molar-refractivity contribution in [1.82, 2.24) is 10.6 Å². The zero-order valence-corrected chi connectivity index (χ0v) is 11.2. The number of carbonyl (C=O) groups excluding carboxylic acids is 1. The SMILES string of the molecule is O=C(Cc1ccc(Cl)cc1)NCC1CCNCC1. The number of carbonyl (C=O) groups is 1. The fourth-order valence-corrected chi connectivity index (χ4v) is 2.32. The Balaban J connectivity index is 1.73. The normalized spacial score (nSPS) is 16.5. The molecule has 0 bridgehead atoms. The zero-order valence-electron chi connectivity index (χ0n) is 10.4. The summed E-state index contributed by atoms with van der Waals surface area (Å²) in [5.41, 5.74) is 1.00. The maximum atomic E-state index is 11.8. The van der Waals surface area contributed by atoms with Gasteiger partial charge < -0.3 is 10.6 Å². The Bertz CT molecular complexity index is 385. The van der Waals surface area contributed by atoms with Crippen molar-refractivity contribution in [3.05, 3.63) is 34.9 Å². The molecule has 0 spiro atoms. The van der Waals surface area contributed by atoms with Crippen molar-refractivity contribution in [2.45, 2.75) is 19.3 Å². The van der Waals surface area contributed by atoms with E-state index in [1.54, 1.807) is 0 Å². The molecule has 1 fully saturated rings. The molecule has 0 atom stereocenters. The van der Waals surface area contributed by atoms with Crippen LogP contribution in [-0.4, -0.2) is 25.5 Å². The van der Waals surface area contributed by atoms with Crippen molar-refractivity contribution >= 4 is 17.5 Å². The number of nitrogens with one attached hydrogen (secondary N) is 2. The third-order valence-corrected chi connectivity index (χ3v) is 3.58. The quantitative estimate of drug-likeness (QED) is 0.875. The molecule has 2 rings (SSSR count). The molecule has 0 unspecified atom stereocenters. The average Bonchev–Trinajstić information content (AvgIpc) is 2.40. The molecular weight excluding hydrogens is 248 g/mol. The van der Waals surface area contributed by atoms with Crippen LogP contribution in [0.3, 0.4) is 0 Å². The van der Waals surface area contributed by atoms with Crippen LogP contribution in [0.15, 0.2) is 24.3 Å². The van der Waals surface area contributed by atoms with Gasteiger partial charge in [-0.3, -0.25) is 4.79 Å². The van der Waals surface area contributed by atoms with Crippen molar-refractivity contribution in [3.63, 3.8) is 0 Å². The number of rotatable bonds is 4. The molecule has 4 heteroatoms. The second-order valence-corrected chi connectivity index (χ2v) is 5.24. The minimum absolute atomic E-state index is 0.0934. The Hall–Kier alpha value is -1.06. The van der Waals surface area contributed by atoms with E-state index in [1.165, 1.54) is 0 Å². The largest absolute Gasteiger partial charge is 0.356 e. The van der Waals surface area contributed by atoms with Crippen molar-refractivity contribution in [2.24, 2.45) is 5.92 Å². The van der Waals surface area contributed by atoms with Crippen LogP contribution in [0.1, 0.15) is 18.4 Å². The van der Waals surface area contributed by atoms with E-state index in [4.69, 9.17) is 11.6 Å². The van der Waals surface area contributed by atoms with Gasteiger partial charge in [0.15, 0.2) is 0 Å². The summed E-state index contributed by atoms with van der Waals surface area (Å²) in [4.78, 5) is 11.8. The molecule has 0 radical (unpaired) electrons. The smallest absolute Gasteiger partial charge is 0.224 e. The van der Waals surface area contributed by atoms with E-state index in [0.29, 0.717) is 17.4 Å². The van der Waals surface area contributed by atoms with Crippen molar-refractivity contribution in [3.8, 4) is 0 Å². The second-order valence-electron chi connectivity index (χ2n) is 4.80. The zero-order chi connectivity index (χ0) is 12.8. The van der Waals surface area contributed by atoms with Crippen LogP contribution in [0.4, 0.5) is 0 Å². The van der Waals surface area contributed by atoms with Crippen molar-refractivity contribution < 1.29 is 4.79 Å². The van der Waals surface area contributed by atoms with E-state index in [9.17, 15) is 4.79 Å². The summed E-state index contributed by atoms with van der Waals surface area (Å²) >= 11 is 5.80. The number of benzene rings is 1. The van der Waals surface area contributed by atoms with Crippen LogP contribution < -0.4 is 10.6 Å². The summed E-state index contributed by atoms with van der Waals surface area (Å²) in [6.07, 6.45) is 2.74. The molecule has 1 aromatic carbocycles. The Morgan fingerprint density at radius 2 is 1.94 bits per heavy atom. The number of hydrogen-bond acceptors (Lipinski definition) is 2. The van der Waals surface area contributed by atoms with Gasteiger partial charge in [0.1, 0.15) is 0 Å². The predicted molar refractivity (Wildman–Crippen MR) is 73.8 cm³/mol. The molecule has 18 heavy (non-hydrogen) atoms. The van der Waals surface area contributed by atoms with E-state index in [0.717, 1.165) is 38.0 Å². The molecular formula is C14H19ClN2O. The minimum Gasteiger partial charge on any atom is -0.356 e. The van der Waals surface area contributed by atoms with Crippen LogP contribution >= 0.6 is 11.6 Å². The predicted octanol–water partition coefficient (Wildman–Crippen LogP) is 2.00. The number of piperidine rings is 1. The van der Waals surface area contributed by atoms with Crippen LogP contribution in [0.5, 0.6) is 0 Å². The van der Waals surface area contributed by atoms with Crippen LogP contribution in [0.2, 0.25) is 5.02 Å². The molecule has 98 valence electrons. The number of hydrogen-bond donors (Lipinski definition) is 2. The highest BCUT2D eigenvalue weighted by atomic mass is 35.5. The first-order valence-corrected chi connectivity index (χ1v) is 6.83. The summed E-state index contributed by atoms with van der Waals surface area (Å²) in [6, 6.07) is 7.42. The fraction of sp³-hybridized carbons (Fsp3) is 0.500. The number of amides is 1. The highest BCUT2D eigenvalue weighted by Gasteiger charge is 2.13. The fourth-order valence-electron chi connectivity index (χ4n) is 2.19. The highest BCUT2D eigenvalue weighted by molar-refractivity contribution is 6.30. The van der Waals surface area contributed by atoms with E-state index >= 15 is 0 Å². The molecule has 1 aliphatic heterocycles. The summed E-state index contributed by atoms with van der Waals surface area (Å²) in [5.74, 6) is 0.719. The average molecular weight is 267 g/mol. The first kappa shape index (κ1) is 13.4. The Morgan fingerprint density at radius 3 is 2.61 bits per heavy atom. The van der Waals surface area contributed by atoms with Gasteiger partial charge in [0, 0.05) is 11.6 Å². The Morgan fingerprint density at radius 1 is 1.28 bits per heavy atom. The maximum Gasteiger partial charge on any atom is 0.224 e. The van der Waals surface area contributed by atoms with Crippen molar-refractivity contribution in [2.75, 3.05) is 19.6 Å². The standard InChI is InChI=1S/C14H19ClN2O/c15-13-3-1-11(2-4-13)9-14(18)17-10-12-5-7-16-8-6-12/h1-4,12,16H,5-10H2,(H,17,18). The van der Waals surface area contributed by atoms with Gasteiger partial charge in [-0.2, -0.15) is 0 Å². The molecule has 1 saturated heterocycles. The molecule has 1 aromatic rings. The first-order valence-electron chi connectivity index (χ1n) is 6.46. The van der Waals surface area contributed by atoms with E-state index in [2.05, 4.69) is 10.6 Å². The molecule has 1 amide bonds. The van der Waals surface area contributed by atoms with Gasteiger partial charge in [-0.1, -0.05) is 23.7 Å². The highest BCUT2D eigenvalue weighted by Crippen LogP contribution is 2.11. The van der Waals surface area contributed by atoms with Gasteiger partial charge in [0.05, 0.1) is 6.42 Å². The lowest BCUT2D eigenvalue weighted by Gasteiger charge is -2.22. The van der Waals surface area contributed by atoms with Crippen LogP contribution in [0.25, 0.3) is 0 Å². The monoisotopic (exact) mass is 266 g/mol. The summed E-state index contributed by atoms with van der Waals surface area (Å²) < 4.78 is 0. The summed E-state index contributed by atoms with van der Waals surface area (Å²) in [6.45, 7) is 2.93. The molecule has 2 N–H and O–H groups in total. The molecule has 0 saturated carbocycles. The maximum absolute atomic E-state index is 11.8. The topological polar surface area (TPSA) is 41.1 Å². The first-order chi connectivity index (χ1) is 8.74. The molecule has 1 aliphatic rings. The Kier molecular flexibility index (Phi) is 5.02. The number of halogens is 1. The van der Waals surface area contributed by atoms with Crippen molar-refractivity contribution in [1.29, 1.82) is 0 Å². The summed E-state index contributed by atoms with van der Waals surface area (Å²) in [7, 11) is 0. The molecule has 3 nitrogen and oxygen atoms in total. The van der Waals surface area contributed by atoms with E-state index in [1.807, 2.05) is 24.3 Å². The molecule has 1 heterocycles. The summed E-state index contributed by atoms with van der Waals surface area (Å²) in [5, 5.41) is 7.04. The van der Waals surface area contributed by atoms with Gasteiger partial charge in [-0.05, 0) is 49.5 Å². The van der Waals surface area contributed by atoms with E-state index in [-0.39, 0.29) is 5.91 Å². The third-order valence-electron chi connectivity index (χ3n) is 3.32. The Labute approximate surface area is 113 Å². The minimum atomic E-state index is 0.0934. The van der Waals surface area contributed by atoms with Gasteiger partial charge in [0.25, 0.3) is 0 Å². The van der Waals surface area contributed by atoms with Gasteiger partial charge >= 0.3 is 0 Å². The second kappa shape index (κ2) is 6.76. The third kappa shape index (κ3) is 4.31. The van der Waals surface area contributed by atoms with Gasteiger partial charge in [0.2, 0.25) is 5.91 Å². The lowest BCUT2D eigenvalue weighted by atomic mass is 9.98. The molecule has 0 aliphatic carbocycles. The lowest BCUT2D eigenvalue weighted by Crippen LogP contribution is -2.36. The lowest BCUT2D eigenvalue weighted by molar-refractivity contribution is -0.120. The van der Waals surface area contributed by atoms with Crippen LogP contribution in [-0.2, 0) is 11.2 Å². The van der Waals surface area contributed by atoms with Gasteiger partial charge in [-0.15, -0.1) is 0 Å².